The Hall–Kier alpha value is -1.15. The minimum Gasteiger partial charge on any atom is -0.369 e. The molecule has 17 heavy (non-hydrogen) atoms. The van der Waals surface area contributed by atoms with Gasteiger partial charge in [-0.2, -0.15) is 0 Å². The fraction of sp³-hybridized carbons (Fsp3) is 0.333. The molecule has 0 fully saturated rings. The zero-order valence-corrected chi connectivity index (χ0v) is 11.8. The molecule has 0 aliphatic carbocycles. The molecular formula is C9H11BrN6S. The SMILES string of the molecule is CCNc1ncnc(Sc2nncn2C)c1Br. The van der Waals surface area contributed by atoms with E-state index >= 15 is 0 Å². The molecule has 2 aromatic rings. The van der Waals surface area contributed by atoms with Gasteiger partial charge < -0.3 is 9.88 Å². The average molecular weight is 315 g/mol. The molecule has 0 spiro atoms. The van der Waals surface area contributed by atoms with Gasteiger partial charge in [0.1, 0.15) is 23.5 Å². The van der Waals surface area contributed by atoms with Crippen molar-refractivity contribution in [3.8, 4) is 0 Å². The third kappa shape index (κ3) is 2.75. The molecule has 2 heterocycles. The highest BCUT2D eigenvalue weighted by molar-refractivity contribution is 9.10. The lowest BCUT2D eigenvalue weighted by Crippen LogP contribution is -2.02. The van der Waals surface area contributed by atoms with Gasteiger partial charge in [-0.15, -0.1) is 10.2 Å². The van der Waals surface area contributed by atoms with Gasteiger partial charge in [-0.3, -0.25) is 0 Å². The number of nitrogens with zero attached hydrogens (tertiary/aromatic N) is 5. The van der Waals surface area contributed by atoms with E-state index in [2.05, 4.69) is 41.4 Å². The van der Waals surface area contributed by atoms with Crippen LogP contribution < -0.4 is 5.32 Å². The van der Waals surface area contributed by atoms with Crippen LogP contribution in [0.5, 0.6) is 0 Å². The van der Waals surface area contributed by atoms with Crippen molar-refractivity contribution in [1.29, 1.82) is 0 Å². The Balaban J connectivity index is 2.27. The van der Waals surface area contributed by atoms with Crippen LogP contribution in [0.3, 0.4) is 0 Å². The summed E-state index contributed by atoms with van der Waals surface area (Å²) >= 11 is 4.93. The van der Waals surface area contributed by atoms with Crippen LogP contribution in [-0.4, -0.2) is 31.3 Å². The van der Waals surface area contributed by atoms with Crippen molar-refractivity contribution in [3.05, 3.63) is 17.1 Å². The monoisotopic (exact) mass is 314 g/mol. The third-order valence-corrected chi connectivity index (χ3v) is 4.03. The first kappa shape index (κ1) is 12.3. The van der Waals surface area contributed by atoms with Gasteiger partial charge >= 0.3 is 0 Å². The van der Waals surface area contributed by atoms with E-state index in [0.29, 0.717) is 0 Å². The maximum Gasteiger partial charge on any atom is 0.197 e. The normalized spacial score (nSPS) is 10.5. The van der Waals surface area contributed by atoms with Gasteiger partial charge in [0.2, 0.25) is 0 Å². The molecule has 0 saturated heterocycles. The molecule has 0 aromatic carbocycles. The Morgan fingerprint density at radius 1 is 1.47 bits per heavy atom. The van der Waals surface area contributed by atoms with Gasteiger partial charge in [0.15, 0.2) is 5.16 Å². The number of nitrogens with one attached hydrogen (secondary N) is 1. The molecule has 0 aliphatic heterocycles. The number of halogens is 1. The van der Waals surface area contributed by atoms with Gasteiger partial charge in [-0.05, 0) is 34.6 Å². The summed E-state index contributed by atoms with van der Waals surface area (Å²) in [6.07, 6.45) is 3.18. The highest BCUT2D eigenvalue weighted by atomic mass is 79.9. The number of aryl methyl sites for hydroxylation is 1. The van der Waals surface area contributed by atoms with E-state index in [1.807, 2.05) is 18.5 Å². The predicted octanol–water partition coefficient (Wildman–Crippen LogP) is 1.95. The van der Waals surface area contributed by atoms with E-state index < -0.39 is 0 Å². The number of aromatic nitrogens is 5. The Bertz CT molecular complexity index is 514. The highest BCUT2D eigenvalue weighted by Crippen LogP contribution is 2.33. The van der Waals surface area contributed by atoms with Crippen molar-refractivity contribution >= 4 is 33.5 Å². The molecule has 0 atom stereocenters. The lowest BCUT2D eigenvalue weighted by Gasteiger charge is -2.07. The van der Waals surface area contributed by atoms with Crippen molar-refractivity contribution < 1.29 is 0 Å². The summed E-state index contributed by atoms with van der Waals surface area (Å²) in [7, 11) is 1.89. The summed E-state index contributed by atoms with van der Waals surface area (Å²) in [5.41, 5.74) is 0. The molecule has 8 heteroatoms. The Morgan fingerprint density at radius 3 is 2.94 bits per heavy atom. The molecule has 0 radical (unpaired) electrons. The summed E-state index contributed by atoms with van der Waals surface area (Å²) in [6, 6.07) is 0. The van der Waals surface area contributed by atoms with Gasteiger partial charge in [0.05, 0.1) is 4.47 Å². The molecule has 2 aromatic heterocycles. The van der Waals surface area contributed by atoms with Crippen LogP contribution in [0, 0.1) is 0 Å². The molecule has 0 bridgehead atoms. The number of rotatable bonds is 4. The molecule has 0 unspecified atom stereocenters. The molecule has 1 N–H and O–H groups in total. The maximum absolute atomic E-state index is 4.22. The van der Waals surface area contributed by atoms with Crippen molar-refractivity contribution in [1.82, 2.24) is 24.7 Å². The van der Waals surface area contributed by atoms with Crippen LogP contribution in [-0.2, 0) is 7.05 Å². The van der Waals surface area contributed by atoms with Crippen LogP contribution in [0.1, 0.15) is 6.92 Å². The van der Waals surface area contributed by atoms with Crippen molar-refractivity contribution in [2.45, 2.75) is 17.1 Å². The maximum atomic E-state index is 4.22. The molecule has 0 amide bonds. The molecule has 6 nitrogen and oxygen atoms in total. The minimum absolute atomic E-state index is 0.784. The molecular weight excluding hydrogens is 304 g/mol. The molecule has 90 valence electrons. The predicted molar refractivity (Wildman–Crippen MR) is 69.0 cm³/mol. The first-order valence-electron chi connectivity index (χ1n) is 4.98. The average Bonchev–Trinajstić information content (AvgIpc) is 2.70. The summed E-state index contributed by atoms with van der Waals surface area (Å²) in [5.74, 6) is 0.784. The van der Waals surface area contributed by atoms with Crippen LogP contribution in [0.2, 0.25) is 0 Å². The van der Waals surface area contributed by atoms with Crippen molar-refractivity contribution in [3.63, 3.8) is 0 Å². The molecule has 0 saturated carbocycles. The second kappa shape index (κ2) is 5.46. The van der Waals surface area contributed by atoms with Crippen molar-refractivity contribution in [2.75, 3.05) is 11.9 Å². The first-order valence-corrected chi connectivity index (χ1v) is 6.59. The number of hydrogen-bond donors (Lipinski definition) is 1. The van der Waals surface area contributed by atoms with Gasteiger partial charge in [0.25, 0.3) is 0 Å². The number of anilines is 1. The summed E-state index contributed by atoms with van der Waals surface area (Å²) < 4.78 is 2.68. The summed E-state index contributed by atoms with van der Waals surface area (Å²) in [5, 5.41) is 12.6. The van der Waals surface area contributed by atoms with Gasteiger partial charge in [0, 0.05) is 13.6 Å². The smallest absolute Gasteiger partial charge is 0.197 e. The molecule has 0 aliphatic rings. The highest BCUT2D eigenvalue weighted by Gasteiger charge is 2.12. The Morgan fingerprint density at radius 2 is 2.29 bits per heavy atom. The third-order valence-electron chi connectivity index (χ3n) is 1.96. The quantitative estimate of drug-likeness (QED) is 0.870. The summed E-state index contributed by atoms with van der Waals surface area (Å²) in [6.45, 7) is 2.83. The van der Waals surface area contributed by atoms with Crippen LogP contribution in [0.15, 0.2) is 27.3 Å². The number of hydrogen-bond acceptors (Lipinski definition) is 6. The van der Waals surface area contributed by atoms with Gasteiger partial charge in [-0.1, -0.05) is 0 Å². The second-order valence-corrected chi connectivity index (χ2v) is 4.95. The van der Waals surface area contributed by atoms with E-state index in [-0.39, 0.29) is 0 Å². The Labute approximate surface area is 111 Å². The summed E-state index contributed by atoms with van der Waals surface area (Å²) in [4.78, 5) is 8.38. The zero-order valence-electron chi connectivity index (χ0n) is 9.38. The lowest BCUT2D eigenvalue weighted by atomic mass is 10.5. The van der Waals surface area contributed by atoms with Crippen molar-refractivity contribution in [2.24, 2.45) is 7.05 Å². The topological polar surface area (TPSA) is 68.5 Å². The van der Waals surface area contributed by atoms with E-state index in [0.717, 1.165) is 27.0 Å². The fourth-order valence-electron chi connectivity index (χ4n) is 1.17. The minimum atomic E-state index is 0.784. The lowest BCUT2D eigenvalue weighted by molar-refractivity contribution is 0.786. The standard InChI is InChI=1S/C9H11BrN6S/c1-3-11-7-6(10)8(13-4-12-7)17-9-15-14-5-16(9)2/h4-5H,3H2,1-2H3,(H,11,12,13). The molecule has 2 rings (SSSR count). The fourth-order valence-corrected chi connectivity index (χ4v) is 2.49. The second-order valence-electron chi connectivity index (χ2n) is 3.20. The van der Waals surface area contributed by atoms with Crippen LogP contribution in [0.25, 0.3) is 0 Å². The van der Waals surface area contributed by atoms with E-state index in [1.54, 1.807) is 6.33 Å². The first-order chi connectivity index (χ1) is 8.22. The Kier molecular flexibility index (Phi) is 3.95. The van der Waals surface area contributed by atoms with Gasteiger partial charge in [-0.25, -0.2) is 9.97 Å². The van der Waals surface area contributed by atoms with Crippen LogP contribution in [0.4, 0.5) is 5.82 Å². The van der Waals surface area contributed by atoms with E-state index in [1.165, 1.54) is 18.1 Å². The zero-order chi connectivity index (χ0) is 12.3. The van der Waals surface area contributed by atoms with E-state index in [9.17, 15) is 0 Å². The largest absolute Gasteiger partial charge is 0.369 e. The van der Waals surface area contributed by atoms with E-state index in [4.69, 9.17) is 0 Å². The van der Waals surface area contributed by atoms with Crippen LogP contribution >= 0.6 is 27.7 Å².